The summed E-state index contributed by atoms with van der Waals surface area (Å²) in [5.41, 5.74) is 2.97. The Morgan fingerprint density at radius 1 is 1.16 bits per heavy atom. The Labute approximate surface area is 188 Å². The van der Waals surface area contributed by atoms with Gasteiger partial charge in [0.05, 0.1) is 25.2 Å². The molecule has 2 aliphatic heterocycles. The van der Waals surface area contributed by atoms with Gasteiger partial charge in [0.25, 0.3) is 0 Å². The van der Waals surface area contributed by atoms with Crippen LogP contribution < -0.4 is 10.2 Å². The van der Waals surface area contributed by atoms with Gasteiger partial charge >= 0.3 is 0 Å². The second-order valence-electron chi connectivity index (χ2n) is 8.17. The fourth-order valence-corrected chi connectivity index (χ4v) is 4.53. The summed E-state index contributed by atoms with van der Waals surface area (Å²) in [6, 6.07) is 15.5. The van der Waals surface area contributed by atoms with E-state index in [4.69, 9.17) is 16.3 Å². The molecule has 2 aromatic carbocycles. The van der Waals surface area contributed by atoms with E-state index in [9.17, 15) is 9.59 Å². The smallest absolute Gasteiger partial charge is 0.227 e. The Morgan fingerprint density at radius 3 is 2.58 bits per heavy atom. The minimum atomic E-state index is -0.356. The maximum atomic E-state index is 13.0. The van der Waals surface area contributed by atoms with Gasteiger partial charge in [-0.3, -0.25) is 14.5 Å². The quantitative estimate of drug-likeness (QED) is 0.747. The van der Waals surface area contributed by atoms with Crippen molar-refractivity contribution < 1.29 is 14.3 Å². The highest BCUT2D eigenvalue weighted by Crippen LogP contribution is 2.29. The van der Waals surface area contributed by atoms with Crippen LogP contribution in [0.1, 0.15) is 23.6 Å². The third kappa shape index (κ3) is 5.09. The lowest BCUT2D eigenvalue weighted by molar-refractivity contribution is -0.126. The average molecular weight is 442 g/mol. The van der Waals surface area contributed by atoms with E-state index in [1.165, 1.54) is 0 Å². The Hall–Kier alpha value is -2.41. The van der Waals surface area contributed by atoms with Gasteiger partial charge in [0.2, 0.25) is 11.8 Å². The van der Waals surface area contributed by atoms with E-state index in [0.29, 0.717) is 31.3 Å². The zero-order chi connectivity index (χ0) is 21.8. The van der Waals surface area contributed by atoms with E-state index in [2.05, 4.69) is 10.2 Å². The summed E-state index contributed by atoms with van der Waals surface area (Å²) in [7, 11) is 0. The first-order valence-corrected chi connectivity index (χ1v) is 11.1. The zero-order valence-corrected chi connectivity index (χ0v) is 18.5. The molecule has 2 aliphatic rings. The molecule has 6 nitrogen and oxygen atoms in total. The number of ether oxygens (including phenoxy) is 1. The summed E-state index contributed by atoms with van der Waals surface area (Å²) >= 11 is 6.48. The van der Waals surface area contributed by atoms with Gasteiger partial charge in [0.1, 0.15) is 0 Å². The maximum Gasteiger partial charge on any atom is 0.227 e. The topological polar surface area (TPSA) is 61.9 Å². The lowest BCUT2D eigenvalue weighted by Gasteiger charge is -2.35. The van der Waals surface area contributed by atoms with Crippen LogP contribution in [0.4, 0.5) is 5.69 Å². The zero-order valence-electron chi connectivity index (χ0n) is 17.7. The molecule has 2 heterocycles. The molecule has 1 N–H and O–H groups in total. The van der Waals surface area contributed by atoms with Gasteiger partial charge in [-0.2, -0.15) is 0 Å². The van der Waals surface area contributed by atoms with Crippen LogP contribution in [0.25, 0.3) is 0 Å². The molecule has 0 radical (unpaired) electrons. The monoisotopic (exact) mass is 441 g/mol. The SMILES string of the molecule is Cc1ccc(N2CC(C(=O)NCC(c3ccccc3Cl)N3CCOCC3)CC2=O)cc1. The van der Waals surface area contributed by atoms with Crippen LogP contribution >= 0.6 is 11.6 Å². The first kappa shape index (κ1) is 21.8. The normalized spacial score (nSPS) is 20.6. The van der Waals surface area contributed by atoms with Crippen molar-refractivity contribution >= 4 is 29.1 Å². The van der Waals surface area contributed by atoms with Gasteiger partial charge in [-0.1, -0.05) is 47.5 Å². The van der Waals surface area contributed by atoms with Crippen molar-refractivity contribution in [3.8, 4) is 0 Å². The number of amides is 2. The van der Waals surface area contributed by atoms with Crippen molar-refractivity contribution in [2.45, 2.75) is 19.4 Å². The van der Waals surface area contributed by atoms with Gasteiger partial charge in [-0.05, 0) is 30.7 Å². The number of nitrogens with zero attached hydrogens (tertiary/aromatic N) is 2. The highest BCUT2D eigenvalue weighted by molar-refractivity contribution is 6.31. The van der Waals surface area contributed by atoms with Crippen molar-refractivity contribution in [1.29, 1.82) is 0 Å². The van der Waals surface area contributed by atoms with E-state index in [0.717, 1.165) is 29.9 Å². The second kappa shape index (κ2) is 9.81. The molecule has 2 atom stereocenters. The number of halogens is 1. The first-order valence-electron chi connectivity index (χ1n) is 10.7. The molecule has 2 fully saturated rings. The Bertz CT molecular complexity index is 928. The van der Waals surface area contributed by atoms with Crippen LogP contribution in [0, 0.1) is 12.8 Å². The van der Waals surface area contributed by atoms with Crippen molar-refractivity contribution in [2.24, 2.45) is 5.92 Å². The van der Waals surface area contributed by atoms with Crippen LogP contribution in [0.3, 0.4) is 0 Å². The largest absolute Gasteiger partial charge is 0.379 e. The average Bonchev–Trinajstić information content (AvgIpc) is 3.18. The van der Waals surface area contributed by atoms with Crippen molar-refractivity contribution in [3.63, 3.8) is 0 Å². The number of carbonyl (C=O) groups is 2. The molecule has 2 amide bonds. The van der Waals surface area contributed by atoms with E-state index < -0.39 is 0 Å². The number of hydrogen-bond acceptors (Lipinski definition) is 4. The highest BCUT2D eigenvalue weighted by Gasteiger charge is 2.35. The van der Waals surface area contributed by atoms with Crippen LogP contribution in [0.5, 0.6) is 0 Å². The van der Waals surface area contributed by atoms with Crippen molar-refractivity contribution in [2.75, 3.05) is 44.3 Å². The molecular formula is C24H28ClN3O3. The molecule has 0 aliphatic carbocycles. The standard InChI is InChI=1S/C24H28ClN3O3/c1-17-6-8-19(9-7-17)28-16-18(14-23(28)29)24(30)26-15-22(27-10-12-31-13-11-27)20-4-2-3-5-21(20)25/h2-9,18,22H,10-16H2,1H3,(H,26,30). The number of benzene rings is 2. The van der Waals surface area contributed by atoms with E-state index in [1.807, 2.05) is 55.5 Å². The molecule has 4 rings (SSSR count). The second-order valence-corrected chi connectivity index (χ2v) is 8.58. The van der Waals surface area contributed by atoms with Gasteiger partial charge in [0, 0.05) is 43.3 Å². The first-order chi connectivity index (χ1) is 15.0. The van der Waals surface area contributed by atoms with Crippen LogP contribution in [-0.2, 0) is 14.3 Å². The predicted octanol–water partition coefficient (Wildman–Crippen LogP) is 3.19. The lowest BCUT2D eigenvalue weighted by Crippen LogP contribution is -2.45. The summed E-state index contributed by atoms with van der Waals surface area (Å²) in [6.07, 6.45) is 0.230. The third-order valence-corrected chi connectivity index (χ3v) is 6.41. The van der Waals surface area contributed by atoms with Gasteiger partial charge in [0.15, 0.2) is 0 Å². The summed E-state index contributed by atoms with van der Waals surface area (Å²) in [6.45, 7) is 5.76. The van der Waals surface area contributed by atoms with Crippen molar-refractivity contribution in [3.05, 3.63) is 64.7 Å². The number of carbonyl (C=O) groups excluding carboxylic acids is 2. The van der Waals surface area contributed by atoms with E-state index in [1.54, 1.807) is 4.90 Å². The number of nitrogens with one attached hydrogen (secondary N) is 1. The Morgan fingerprint density at radius 2 is 1.87 bits per heavy atom. The van der Waals surface area contributed by atoms with Gasteiger partial charge in [-0.15, -0.1) is 0 Å². The third-order valence-electron chi connectivity index (χ3n) is 6.06. The van der Waals surface area contributed by atoms with Gasteiger partial charge < -0.3 is 15.0 Å². The summed E-state index contributed by atoms with van der Waals surface area (Å²) in [5.74, 6) is -0.460. The van der Waals surface area contributed by atoms with Crippen molar-refractivity contribution in [1.82, 2.24) is 10.2 Å². The Kier molecular flexibility index (Phi) is 6.90. The maximum absolute atomic E-state index is 13.0. The molecule has 7 heteroatoms. The number of rotatable bonds is 6. The van der Waals surface area contributed by atoms with E-state index in [-0.39, 0.29) is 30.2 Å². The summed E-state index contributed by atoms with van der Waals surface area (Å²) < 4.78 is 5.49. The number of aryl methyl sites for hydroxylation is 1. The summed E-state index contributed by atoms with van der Waals surface area (Å²) in [4.78, 5) is 29.5. The number of anilines is 1. The fourth-order valence-electron chi connectivity index (χ4n) is 4.27. The molecule has 2 saturated heterocycles. The predicted molar refractivity (Wildman–Crippen MR) is 121 cm³/mol. The summed E-state index contributed by atoms with van der Waals surface area (Å²) in [5, 5.41) is 3.78. The molecular weight excluding hydrogens is 414 g/mol. The highest BCUT2D eigenvalue weighted by atomic mass is 35.5. The molecule has 0 spiro atoms. The molecule has 0 aromatic heterocycles. The Balaban J connectivity index is 1.42. The lowest BCUT2D eigenvalue weighted by atomic mass is 10.0. The number of morpholine rings is 1. The van der Waals surface area contributed by atoms with E-state index >= 15 is 0 Å². The van der Waals surface area contributed by atoms with Crippen LogP contribution in [-0.4, -0.2) is 56.1 Å². The minimum Gasteiger partial charge on any atom is -0.379 e. The number of hydrogen-bond donors (Lipinski definition) is 1. The molecule has 2 unspecified atom stereocenters. The molecule has 2 aromatic rings. The molecule has 164 valence electrons. The van der Waals surface area contributed by atoms with Crippen LogP contribution in [0.15, 0.2) is 48.5 Å². The minimum absolute atomic E-state index is 0.0140. The molecule has 0 bridgehead atoms. The fraction of sp³-hybridized carbons (Fsp3) is 0.417. The molecule has 0 saturated carbocycles. The molecule has 31 heavy (non-hydrogen) atoms. The van der Waals surface area contributed by atoms with Crippen LogP contribution in [0.2, 0.25) is 5.02 Å². The van der Waals surface area contributed by atoms with Gasteiger partial charge in [-0.25, -0.2) is 0 Å².